The molecule has 0 N–H and O–H groups in total. The molecule has 1 saturated heterocycles. The zero-order chi connectivity index (χ0) is 17.5. The van der Waals surface area contributed by atoms with E-state index in [1.807, 2.05) is 11.5 Å². The van der Waals surface area contributed by atoms with E-state index in [0.29, 0.717) is 31.7 Å². The first kappa shape index (κ1) is 15.4. The van der Waals surface area contributed by atoms with Crippen molar-refractivity contribution in [2.24, 2.45) is 0 Å². The molecule has 0 atom stereocenters. The van der Waals surface area contributed by atoms with Crippen molar-refractivity contribution in [1.82, 2.24) is 29.5 Å². The van der Waals surface area contributed by atoms with Crippen LogP contribution in [-0.4, -0.2) is 62.4 Å². The van der Waals surface area contributed by atoms with Gasteiger partial charge < -0.3 is 14.4 Å². The summed E-state index contributed by atoms with van der Waals surface area (Å²) < 4.78 is 13.2. The van der Waals surface area contributed by atoms with Crippen LogP contribution in [0.2, 0.25) is 0 Å². The number of anilines is 1. The van der Waals surface area contributed by atoms with Gasteiger partial charge in [-0.3, -0.25) is 4.57 Å². The monoisotopic (exact) mass is 353 g/mol. The maximum absolute atomic E-state index is 5.73. The lowest BCUT2D eigenvalue weighted by atomic mass is 10.3. The van der Waals surface area contributed by atoms with E-state index in [4.69, 9.17) is 19.4 Å². The van der Waals surface area contributed by atoms with Crippen molar-refractivity contribution >= 4 is 17.0 Å². The molecular weight excluding hydrogens is 334 g/mol. The minimum atomic E-state index is 0.604. The molecule has 0 spiro atoms. The topological polar surface area (TPSA) is 91.1 Å². The van der Waals surface area contributed by atoms with Crippen LogP contribution in [0.5, 0.6) is 6.01 Å². The van der Waals surface area contributed by atoms with Gasteiger partial charge in [0.2, 0.25) is 0 Å². The summed E-state index contributed by atoms with van der Waals surface area (Å²) in [6.07, 6.45) is 4.46. The van der Waals surface area contributed by atoms with Crippen molar-refractivity contribution in [3.8, 4) is 17.4 Å². The van der Waals surface area contributed by atoms with Crippen LogP contribution >= 0.6 is 0 Å². The Labute approximate surface area is 150 Å². The molecule has 0 aromatic carbocycles. The number of morpholine rings is 1. The van der Waals surface area contributed by atoms with E-state index < -0.39 is 0 Å². The maximum atomic E-state index is 5.73. The summed E-state index contributed by atoms with van der Waals surface area (Å²) in [6.45, 7) is 6.30. The zero-order valence-corrected chi connectivity index (χ0v) is 14.6. The van der Waals surface area contributed by atoms with Gasteiger partial charge in [-0.15, -0.1) is 0 Å². The minimum absolute atomic E-state index is 0.604. The molecule has 3 aromatic heterocycles. The predicted molar refractivity (Wildman–Crippen MR) is 94.2 cm³/mol. The summed E-state index contributed by atoms with van der Waals surface area (Å²) >= 11 is 0. The van der Waals surface area contributed by atoms with Gasteiger partial charge in [0.1, 0.15) is 5.82 Å². The standard InChI is InChI=1S/C17H19N7O2/c1-11-18-9-12(10-19-11)14-21-15(23-4-7-25-8-5-23)13-16(22-14)24-3-2-6-26-17(24)20-13/h9-10H,2-8H2,1H3. The van der Waals surface area contributed by atoms with Crippen LogP contribution in [0.3, 0.4) is 0 Å². The number of ether oxygens (including phenoxy) is 2. The second-order valence-electron chi connectivity index (χ2n) is 6.41. The lowest BCUT2D eigenvalue weighted by molar-refractivity contribution is 0.122. The Morgan fingerprint density at radius 1 is 0.962 bits per heavy atom. The second kappa shape index (κ2) is 6.17. The Morgan fingerprint density at radius 3 is 2.58 bits per heavy atom. The van der Waals surface area contributed by atoms with Gasteiger partial charge in [-0.25, -0.2) is 19.9 Å². The normalized spacial score (nSPS) is 17.2. The average Bonchev–Trinajstić information content (AvgIpc) is 3.07. The molecule has 0 saturated carbocycles. The molecule has 0 bridgehead atoms. The first-order chi connectivity index (χ1) is 12.8. The molecule has 0 aliphatic carbocycles. The summed E-state index contributed by atoms with van der Waals surface area (Å²) in [5.41, 5.74) is 2.37. The van der Waals surface area contributed by atoms with E-state index in [-0.39, 0.29) is 0 Å². The van der Waals surface area contributed by atoms with Gasteiger partial charge in [-0.2, -0.15) is 4.98 Å². The Hall–Kier alpha value is -2.81. The van der Waals surface area contributed by atoms with Gasteiger partial charge in [-0.05, 0) is 13.3 Å². The van der Waals surface area contributed by atoms with Crippen LogP contribution in [0.1, 0.15) is 12.2 Å². The molecule has 9 heteroatoms. The van der Waals surface area contributed by atoms with E-state index in [0.717, 1.165) is 54.4 Å². The fraction of sp³-hybridized carbons (Fsp3) is 0.471. The van der Waals surface area contributed by atoms with Crippen LogP contribution in [-0.2, 0) is 11.3 Å². The van der Waals surface area contributed by atoms with E-state index in [2.05, 4.69) is 19.9 Å². The maximum Gasteiger partial charge on any atom is 0.298 e. The van der Waals surface area contributed by atoms with Crippen molar-refractivity contribution < 1.29 is 9.47 Å². The minimum Gasteiger partial charge on any atom is -0.465 e. The van der Waals surface area contributed by atoms with E-state index in [9.17, 15) is 0 Å². The number of aromatic nitrogens is 6. The summed E-state index contributed by atoms with van der Waals surface area (Å²) in [5.74, 6) is 2.14. The van der Waals surface area contributed by atoms with Crippen LogP contribution in [0.25, 0.3) is 22.6 Å². The Morgan fingerprint density at radius 2 is 1.77 bits per heavy atom. The van der Waals surface area contributed by atoms with E-state index in [1.54, 1.807) is 12.4 Å². The summed E-state index contributed by atoms with van der Waals surface area (Å²) in [6, 6.07) is 0.618. The van der Waals surface area contributed by atoms with Crippen molar-refractivity contribution in [1.29, 1.82) is 0 Å². The molecule has 0 amide bonds. The highest BCUT2D eigenvalue weighted by atomic mass is 16.5. The Kier molecular flexibility index (Phi) is 3.66. The van der Waals surface area contributed by atoms with Crippen LogP contribution in [0, 0.1) is 6.92 Å². The zero-order valence-electron chi connectivity index (χ0n) is 14.6. The Bertz CT molecular complexity index is 948. The fourth-order valence-corrected chi connectivity index (χ4v) is 3.30. The number of aryl methyl sites for hydroxylation is 2. The number of rotatable bonds is 2. The molecule has 26 heavy (non-hydrogen) atoms. The Balaban J connectivity index is 1.71. The van der Waals surface area contributed by atoms with Crippen LogP contribution in [0.4, 0.5) is 5.82 Å². The molecule has 9 nitrogen and oxygen atoms in total. The number of hydrogen-bond acceptors (Lipinski definition) is 8. The van der Waals surface area contributed by atoms with Crippen molar-refractivity contribution in [2.45, 2.75) is 19.9 Å². The quantitative estimate of drug-likeness (QED) is 0.679. The highest BCUT2D eigenvalue weighted by Gasteiger charge is 2.25. The van der Waals surface area contributed by atoms with Gasteiger partial charge in [0, 0.05) is 32.0 Å². The molecule has 134 valence electrons. The highest BCUT2D eigenvalue weighted by Crippen LogP contribution is 2.31. The smallest absolute Gasteiger partial charge is 0.298 e. The third-order valence-corrected chi connectivity index (χ3v) is 4.65. The molecule has 5 rings (SSSR count). The summed E-state index contributed by atoms with van der Waals surface area (Å²) in [7, 11) is 0. The summed E-state index contributed by atoms with van der Waals surface area (Å²) in [4.78, 5) is 25.0. The third kappa shape index (κ3) is 2.55. The lowest BCUT2D eigenvalue weighted by Crippen LogP contribution is -2.37. The first-order valence-electron chi connectivity index (χ1n) is 8.82. The van der Waals surface area contributed by atoms with Gasteiger partial charge in [0.15, 0.2) is 22.8 Å². The molecule has 2 aliphatic heterocycles. The van der Waals surface area contributed by atoms with Crippen LogP contribution < -0.4 is 9.64 Å². The highest BCUT2D eigenvalue weighted by molar-refractivity contribution is 5.86. The number of nitrogens with zero attached hydrogens (tertiary/aromatic N) is 7. The molecule has 0 unspecified atom stereocenters. The average molecular weight is 353 g/mol. The van der Waals surface area contributed by atoms with Gasteiger partial charge in [0.25, 0.3) is 6.01 Å². The van der Waals surface area contributed by atoms with Crippen molar-refractivity contribution in [2.75, 3.05) is 37.8 Å². The fourth-order valence-electron chi connectivity index (χ4n) is 3.30. The van der Waals surface area contributed by atoms with Gasteiger partial charge in [0.05, 0.1) is 25.4 Å². The largest absolute Gasteiger partial charge is 0.465 e. The van der Waals surface area contributed by atoms with Crippen LogP contribution in [0.15, 0.2) is 12.4 Å². The molecular formula is C17H19N7O2. The third-order valence-electron chi connectivity index (χ3n) is 4.65. The SMILES string of the molecule is Cc1ncc(-c2nc(N3CCOCC3)c3nc4n(c3n2)CCCO4)cn1. The first-order valence-corrected chi connectivity index (χ1v) is 8.82. The van der Waals surface area contributed by atoms with Gasteiger partial charge >= 0.3 is 0 Å². The summed E-state index contributed by atoms with van der Waals surface area (Å²) in [5, 5.41) is 0. The van der Waals surface area contributed by atoms with Crippen molar-refractivity contribution in [3.05, 3.63) is 18.2 Å². The number of hydrogen-bond donors (Lipinski definition) is 0. The molecule has 3 aromatic rings. The number of fused-ring (bicyclic) bond motifs is 3. The van der Waals surface area contributed by atoms with E-state index >= 15 is 0 Å². The molecule has 2 aliphatic rings. The van der Waals surface area contributed by atoms with Gasteiger partial charge in [-0.1, -0.05) is 0 Å². The molecule has 5 heterocycles. The molecule has 1 fully saturated rings. The number of imidazole rings is 1. The predicted octanol–water partition coefficient (Wildman–Crippen LogP) is 1.21. The molecule has 0 radical (unpaired) electrons. The van der Waals surface area contributed by atoms with Crippen molar-refractivity contribution in [3.63, 3.8) is 0 Å². The second-order valence-corrected chi connectivity index (χ2v) is 6.41. The lowest BCUT2D eigenvalue weighted by Gasteiger charge is -2.28. The van der Waals surface area contributed by atoms with E-state index in [1.165, 1.54) is 0 Å².